The van der Waals surface area contributed by atoms with E-state index >= 15 is 0 Å². The van der Waals surface area contributed by atoms with Gasteiger partial charge in [-0.05, 0) is 120 Å². The van der Waals surface area contributed by atoms with Gasteiger partial charge in [-0.2, -0.15) is 0 Å². The quantitative estimate of drug-likeness (QED) is 0.0384. The summed E-state index contributed by atoms with van der Waals surface area (Å²) in [6.07, 6.45) is 0. The number of rotatable bonds is 20. The molecule has 0 aliphatic carbocycles. The van der Waals surface area contributed by atoms with Gasteiger partial charge in [0.05, 0.1) is 26.9 Å². The van der Waals surface area contributed by atoms with Crippen LogP contribution in [-0.4, -0.2) is 42.2 Å². The molecule has 0 saturated carbocycles. The lowest BCUT2D eigenvalue weighted by Crippen LogP contribution is -2.30. The lowest BCUT2D eigenvalue weighted by molar-refractivity contribution is 0.103. The smallest absolute Gasteiger partial charge is 0.324 e. The van der Waals surface area contributed by atoms with Crippen molar-refractivity contribution in [2.75, 3.05) is 21.3 Å². The number of methoxy groups -OCH3 is 3. The van der Waals surface area contributed by atoms with E-state index in [1.165, 1.54) is 0 Å². The van der Waals surface area contributed by atoms with Crippen molar-refractivity contribution in [3.63, 3.8) is 0 Å². The van der Waals surface area contributed by atoms with Crippen LogP contribution in [0.1, 0.15) is 159 Å². The summed E-state index contributed by atoms with van der Waals surface area (Å²) in [6, 6.07) is 117. The van der Waals surface area contributed by atoms with Crippen LogP contribution in [0.15, 0.2) is 356 Å². The summed E-state index contributed by atoms with van der Waals surface area (Å²) in [7, 11) is 4.24. The number of hydrogen-bond acceptors (Lipinski definition) is 9. The first-order valence-corrected chi connectivity index (χ1v) is 40.2. The molecule has 602 valence electrons. The molecule has 2 atom stereocenters. The molecular weight excluding hydrogens is 1530 g/mol. The summed E-state index contributed by atoms with van der Waals surface area (Å²) in [5, 5.41) is 24.3. The van der Waals surface area contributed by atoms with Crippen molar-refractivity contribution in [3.8, 4) is 67.9 Å². The Kier molecular flexibility index (Phi) is 30.9. The number of phenolic OH excluding ortho intramolecular Hbond substituents is 1. The summed E-state index contributed by atoms with van der Waals surface area (Å²) in [5.41, 5.74) is 16.2. The molecule has 14 aromatic carbocycles. The Bertz CT molecular complexity index is 5510. The van der Waals surface area contributed by atoms with Crippen molar-refractivity contribution in [1.29, 1.82) is 0 Å². The van der Waals surface area contributed by atoms with Gasteiger partial charge in [0, 0.05) is 55.3 Å². The minimum Gasteiger partial charge on any atom is -0.507 e. The largest absolute Gasteiger partial charge is 0.507 e. The Morgan fingerprint density at radius 3 is 1.25 bits per heavy atom. The predicted octanol–water partition coefficient (Wildman–Crippen LogP) is 27.3. The second-order valence-electron chi connectivity index (χ2n) is 30.9. The zero-order chi connectivity index (χ0) is 86.8. The number of halogens is 1. The topological polar surface area (TPSA) is 141 Å². The number of aliphatic hydroxyl groups is 1. The third-order valence-corrected chi connectivity index (χ3v) is 20.4. The summed E-state index contributed by atoms with van der Waals surface area (Å²) in [5.74, 6) is 4.17. The number of ether oxygens (including phenoxy) is 5. The highest BCUT2D eigenvalue weighted by molar-refractivity contribution is 9.10. The normalized spacial score (nSPS) is 11.9. The van der Waals surface area contributed by atoms with E-state index in [9.17, 15) is 15.0 Å². The lowest BCUT2D eigenvalue weighted by Gasteiger charge is -2.34. The average Bonchev–Trinajstić information content (AvgIpc) is 0.743. The van der Waals surface area contributed by atoms with E-state index in [1.807, 2.05) is 249 Å². The summed E-state index contributed by atoms with van der Waals surface area (Å²) >= 11 is 3.47. The number of ketones is 1. The number of carbonyl (C=O) groups is 1. The molecule has 0 fully saturated rings. The second kappa shape index (κ2) is 42.1. The molecule has 2 unspecified atom stereocenters. The minimum atomic E-state index is -1.48. The maximum absolute atomic E-state index is 13.1. The van der Waals surface area contributed by atoms with Crippen molar-refractivity contribution in [3.05, 3.63) is 429 Å². The van der Waals surface area contributed by atoms with Gasteiger partial charge in [-0.1, -0.05) is 395 Å². The molecule has 0 radical (unpaired) electrons. The molecule has 0 saturated heterocycles. The maximum atomic E-state index is 13.1. The fourth-order valence-corrected chi connectivity index (χ4v) is 14.5. The van der Waals surface area contributed by atoms with Crippen molar-refractivity contribution in [2.45, 2.75) is 111 Å². The standard InChI is InChI=1S/C37H36O3.C30H30O2.C24H24O2.C13H11BrO.CH4.HO2P.2H2/c1-36(2,3)32-22-14-23-33(35(32)40-26-27-15-7-5-8-16-27)37(38,29-18-9-6-10-19-29)30-20-13-17-28(25-30)31-21-11-12-24-34(31)39-4;1-30(2,3)26-18-11-17-25(29(26)31)28(21-12-6-5-7-13-21)23-15-10-14-22(20-23)24-16-8-9-19-27(24)32-4;1-24(2,3)21-16-10-15-20(22(25)19-13-8-5-9-14-19)23(21)26-17-18-11-6-4-7-12-18;1-15-13-8-3-2-7-12(13)10-5-4-6-11(14)9-10;;1-3-2;;/h5-25,38H,26H2,1-4H3;5-20,28,31H,1-4H3;4-16H,17H2,1-3H3;2-9H,1H3;1H4;(H,1,2);2*1H/i;;;;;;2*1+1D. The van der Waals surface area contributed by atoms with Crippen LogP contribution < -0.4 is 23.7 Å². The molecule has 0 spiro atoms. The fourth-order valence-electron chi connectivity index (χ4n) is 14.1. The predicted molar refractivity (Wildman–Crippen MR) is 488 cm³/mol. The zero-order valence-electron chi connectivity index (χ0n) is 72.0. The van der Waals surface area contributed by atoms with E-state index in [0.717, 1.165) is 111 Å². The Balaban J connectivity index is 0.000000225. The average molecular weight is 1650 g/mol. The number of phenols is 1. The van der Waals surface area contributed by atoms with Gasteiger partial charge in [-0.3, -0.25) is 4.79 Å². The fraction of sp³-hybridized carbons (Fsp3) is 0.190. The summed E-state index contributed by atoms with van der Waals surface area (Å²) < 4.78 is 59.0. The Morgan fingerprint density at radius 2 is 0.761 bits per heavy atom. The molecule has 0 bridgehead atoms. The van der Waals surface area contributed by atoms with Gasteiger partial charge in [-0.15, -0.1) is 0 Å². The molecule has 10 nitrogen and oxygen atoms in total. The monoisotopic (exact) mass is 1640 g/mol. The van der Waals surface area contributed by atoms with Crippen LogP contribution in [0, 0.1) is 0 Å². The van der Waals surface area contributed by atoms with Gasteiger partial charge in [0.2, 0.25) is 0 Å². The highest BCUT2D eigenvalue weighted by Gasteiger charge is 2.39. The number of aromatic hydroxyl groups is 1. The molecule has 0 aliphatic heterocycles. The van der Waals surface area contributed by atoms with Gasteiger partial charge >= 0.3 is 8.69 Å². The molecular formula is C105H110BrO10P. The SMILES string of the molecule is C.CC(C)(C)c1cccc(C(=O)c2ccccc2)c1OCc1ccccc1.COc1ccccc1-c1cccc(Br)c1.COc1ccccc1-c1cccc(C(O)(c2ccccc2)c2cccc(C(C)(C)C)c2OCc2ccccc2)c1.COc1ccccc1-c1cccc(C(c2ccccc2)c2cccc(C(C)(C)C)c2O)c1.O=PO.[2H][2H].[2H][2H]. The van der Waals surface area contributed by atoms with E-state index in [-0.39, 0.29) is 35.4 Å². The van der Waals surface area contributed by atoms with E-state index in [4.69, 9.17) is 39.1 Å². The Labute approximate surface area is 708 Å². The van der Waals surface area contributed by atoms with Gasteiger partial charge in [-0.25, -0.2) is 4.57 Å². The molecule has 0 aliphatic rings. The number of benzene rings is 14. The molecule has 14 aromatic rings. The molecule has 0 aromatic heterocycles. The number of carbonyl (C=O) groups excluding carboxylic acids is 1. The van der Waals surface area contributed by atoms with E-state index in [1.54, 1.807) is 21.3 Å². The first-order chi connectivity index (χ1) is 57.9. The molecule has 117 heavy (non-hydrogen) atoms. The zero-order valence-corrected chi connectivity index (χ0v) is 70.5. The molecule has 14 rings (SSSR count). The maximum Gasteiger partial charge on any atom is 0.324 e. The molecule has 12 heteroatoms. The Hall–Kier alpha value is -12.0. The van der Waals surface area contributed by atoms with Gasteiger partial charge in [0.1, 0.15) is 53.3 Å². The highest BCUT2D eigenvalue weighted by atomic mass is 79.9. The van der Waals surface area contributed by atoms with Crippen molar-refractivity contribution >= 4 is 30.4 Å². The van der Waals surface area contributed by atoms with Crippen LogP contribution in [-0.2, 0) is 39.6 Å². The highest BCUT2D eigenvalue weighted by Crippen LogP contribution is 2.48. The second-order valence-corrected chi connectivity index (χ2v) is 32.0. The van der Waals surface area contributed by atoms with Gasteiger partial charge in [0.25, 0.3) is 0 Å². The third kappa shape index (κ3) is 23.0. The van der Waals surface area contributed by atoms with Gasteiger partial charge < -0.3 is 38.8 Å². The first kappa shape index (κ1) is 85.9. The van der Waals surface area contributed by atoms with Crippen LogP contribution >= 0.6 is 24.6 Å². The van der Waals surface area contributed by atoms with Crippen LogP contribution in [0.4, 0.5) is 0 Å². The van der Waals surface area contributed by atoms with E-state index in [0.29, 0.717) is 47.2 Å². The minimum absolute atomic E-state index is 0. The van der Waals surface area contributed by atoms with Crippen LogP contribution in [0.25, 0.3) is 33.4 Å². The lowest BCUT2D eigenvalue weighted by atomic mass is 9.76. The number of para-hydroxylation sites is 6. The summed E-state index contributed by atoms with van der Waals surface area (Å²) in [6.45, 7) is 20.1. The van der Waals surface area contributed by atoms with Crippen molar-refractivity contribution < 1.29 is 54.1 Å². The molecule has 0 amide bonds. The molecule has 0 heterocycles. The Morgan fingerprint density at radius 1 is 0.402 bits per heavy atom. The van der Waals surface area contributed by atoms with Gasteiger partial charge in [0.15, 0.2) is 5.78 Å². The first-order valence-electron chi connectivity index (χ1n) is 40.6. The molecule has 3 N–H and O–H groups in total. The summed E-state index contributed by atoms with van der Waals surface area (Å²) in [4.78, 5) is 20.1. The van der Waals surface area contributed by atoms with E-state index < -0.39 is 14.3 Å². The van der Waals surface area contributed by atoms with Crippen molar-refractivity contribution in [1.82, 2.24) is 0 Å². The third-order valence-electron chi connectivity index (χ3n) is 19.9. The van der Waals surface area contributed by atoms with Crippen LogP contribution in [0.3, 0.4) is 0 Å². The van der Waals surface area contributed by atoms with E-state index in [2.05, 4.69) is 181 Å². The number of hydrogen-bond donors (Lipinski definition) is 3. The van der Waals surface area contributed by atoms with Crippen molar-refractivity contribution in [2.24, 2.45) is 0 Å². The van der Waals surface area contributed by atoms with Crippen LogP contribution in [0.5, 0.6) is 34.5 Å². The van der Waals surface area contributed by atoms with Crippen LogP contribution in [0.2, 0.25) is 0 Å².